The summed E-state index contributed by atoms with van der Waals surface area (Å²) in [5.41, 5.74) is 4.31. The van der Waals surface area contributed by atoms with Crippen molar-refractivity contribution in [1.29, 1.82) is 0 Å². The molecular formula is C21H26N2O2S. The van der Waals surface area contributed by atoms with Gasteiger partial charge in [0.2, 0.25) is 0 Å². The minimum atomic E-state index is -0.285. The lowest BCUT2D eigenvalue weighted by atomic mass is 9.89. The van der Waals surface area contributed by atoms with Crippen molar-refractivity contribution in [3.05, 3.63) is 53.1 Å². The van der Waals surface area contributed by atoms with E-state index in [0.717, 1.165) is 29.2 Å². The third kappa shape index (κ3) is 4.10. The van der Waals surface area contributed by atoms with E-state index in [9.17, 15) is 0 Å². The zero-order valence-corrected chi connectivity index (χ0v) is 16.8. The zero-order valence-electron chi connectivity index (χ0n) is 16.0. The van der Waals surface area contributed by atoms with Crippen molar-refractivity contribution in [2.24, 2.45) is 0 Å². The first-order valence-electron chi connectivity index (χ1n) is 8.79. The molecule has 1 aliphatic heterocycles. The van der Waals surface area contributed by atoms with Gasteiger partial charge >= 0.3 is 0 Å². The van der Waals surface area contributed by atoms with Crippen LogP contribution in [-0.4, -0.2) is 17.8 Å². The molecule has 0 bridgehead atoms. The second-order valence-corrected chi connectivity index (χ2v) is 7.83. The summed E-state index contributed by atoms with van der Waals surface area (Å²) >= 11 is 5.56. The maximum atomic E-state index is 6.14. The maximum Gasteiger partial charge on any atom is 0.171 e. The lowest BCUT2D eigenvalue weighted by molar-refractivity contribution is 0.0693. The van der Waals surface area contributed by atoms with Crippen molar-refractivity contribution in [2.45, 2.75) is 45.8 Å². The average molecular weight is 371 g/mol. The van der Waals surface area contributed by atoms with Crippen LogP contribution in [0.1, 0.15) is 43.0 Å². The molecule has 2 aromatic carbocycles. The molecule has 0 amide bonds. The lowest BCUT2D eigenvalue weighted by Gasteiger charge is -2.38. The summed E-state index contributed by atoms with van der Waals surface area (Å²) in [7, 11) is 1.66. The Morgan fingerprint density at radius 3 is 2.62 bits per heavy atom. The van der Waals surface area contributed by atoms with Crippen molar-refractivity contribution in [3.63, 3.8) is 0 Å². The Kier molecular flexibility index (Phi) is 5.10. The predicted octanol–water partition coefficient (Wildman–Crippen LogP) is 4.90. The van der Waals surface area contributed by atoms with Gasteiger partial charge in [-0.25, -0.2) is 0 Å². The number of hydrogen-bond acceptors (Lipinski definition) is 3. The Hall–Kier alpha value is -2.27. The normalized spacial score (nSPS) is 17.7. The molecule has 3 rings (SSSR count). The number of methoxy groups -OCH3 is 1. The highest BCUT2D eigenvalue weighted by Crippen LogP contribution is 2.41. The number of benzene rings is 2. The average Bonchev–Trinajstić information content (AvgIpc) is 2.56. The Morgan fingerprint density at radius 2 is 1.92 bits per heavy atom. The Balaban J connectivity index is 1.78. The Labute approximate surface area is 160 Å². The highest BCUT2D eigenvalue weighted by atomic mass is 32.1. The molecule has 26 heavy (non-hydrogen) atoms. The first-order valence-corrected chi connectivity index (χ1v) is 9.20. The molecule has 0 saturated heterocycles. The molecule has 1 heterocycles. The first-order chi connectivity index (χ1) is 12.3. The van der Waals surface area contributed by atoms with E-state index in [0.29, 0.717) is 5.11 Å². The lowest BCUT2D eigenvalue weighted by Crippen LogP contribution is -2.42. The van der Waals surface area contributed by atoms with Gasteiger partial charge in [0, 0.05) is 23.7 Å². The number of rotatable bonds is 3. The first kappa shape index (κ1) is 18.5. The highest BCUT2D eigenvalue weighted by Gasteiger charge is 2.34. The fourth-order valence-electron chi connectivity index (χ4n) is 3.23. The van der Waals surface area contributed by atoms with Gasteiger partial charge in [0.25, 0.3) is 0 Å². The second kappa shape index (κ2) is 7.16. The van der Waals surface area contributed by atoms with E-state index in [1.807, 2.05) is 24.3 Å². The van der Waals surface area contributed by atoms with Crippen LogP contribution in [0.25, 0.3) is 0 Å². The molecule has 0 spiro atoms. The maximum absolute atomic E-state index is 6.14. The molecule has 4 nitrogen and oxygen atoms in total. The molecule has 0 aliphatic carbocycles. The molecule has 0 radical (unpaired) electrons. The van der Waals surface area contributed by atoms with E-state index >= 15 is 0 Å². The van der Waals surface area contributed by atoms with Crippen molar-refractivity contribution in [3.8, 4) is 11.5 Å². The van der Waals surface area contributed by atoms with Crippen LogP contribution in [0.3, 0.4) is 0 Å². The van der Waals surface area contributed by atoms with Crippen molar-refractivity contribution < 1.29 is 9.47 Å². The smallest absolute Gasteiger partial charge is 0.171 e. The third-order valence-corrected chi connectivity index (χ3v) is 4.97. The molecule has 0 aromatic heterocycles. The van der Waals surface area contributed by atoms with Crippen molar-refractivity contribution in [1.82, 2.24) is 5.32 Å². The minimum absolute atomic E-state index is 0.0752. The molecule has 2 aromatic rings. The summed E-state index contributed by atoms with van der Waals surface area (Å²) in [6.45, 7) is 8.38. The second-order valence-electron chi connectivity index (χ2n) is 7.42. The number of hydrogen-bond donors (Lipinski definition) is 2. The number of fused-ring (bicyclic) bond motifs is 1. The van der Waals surface area contributed by atoms with Crippen LogP contribution in [0.2, 0.25) is 0 Å². The van der Waals surface area contributed by atoms with Gasteiger partial charge < -0.3 is 20.1 Å². The number of aryl methyl sites for hydroxylation is 2. The van der Waals surface area contributed by atoms with Gasteiger partial charge in [0.15, 0.2) is 5.11 Å². The molecule has 1 unspecified atom stereocenters. The van der Waals surface area contributed by atoms with E-state index in [1.54, 1.807) is 7.11 Å². The van der Waals surface area contributed by atoms with E-state index in [-0.39, 0.29) is 11.6 Å². The third-order valence-electron chi connectivity index (χ3n) is 4.75. The number of ether oxygens (including phenoxy) is 2. The summed E-state index contributed by atoms with van der Waals surface area (Å²) < 4.78 is 11.5. The summed E-state index contributed by atoms with van der Waals surface area (Å²) in [5.74, 6) is 1.63. The Bertz CT molecular complexity index is 833. The van der Waals surface area contributed by atoms with E-state index in [2.05, 4.69) is 50.5 Å². The molecule has 0 saturated carbocycles. The molecule has 138 valence electrons. The van der Waals surface area contributed by atoms with E-state index < -0.39 is 0 Å². The van der Waals surface area contributed by atoms with Gasteiger partial charge in [-0.15, -0.1) is 0 Å². The van der Waals surface area contributed by atoms with E-state index in [1.165, 1.54) is 11.1 Å². The molecule has 1 aliphatic rings. The SMILES string of the molecule is COc1ccc2c(c1)OC(C)(C)CC2NC(=S)Nc1ccc(C)c(C)c1. The molecule has 5 heteroatoms. The van der Waals surface area contributed by atoms with Gasteiger partial charge in [-0.3, -0.25) is 0 Å². The van der Waals surface area contributed by atoms with Crippen LogP contribution in [0.5, 0.6) is 11.5 Å². The fraction of sp³-hybridized carbons (Fsp3) is 0.381. The number of anilines is 1. The quantitative estimate of drug-likeness (QED) is 0.752. The van der Waals surface area contributed by atoms with Gasteiger partial charge in [-0.2, -0.15) is 0 Å². The summed E-state index contributed by atoms with van der Waals surface area (Å²) in [4.78, 5) is 0. The van der Waals surface area contributed by atoms with Crippen LogP contribution in [-0.2, 0) is 0 Å². The zero-order chi connectivity index (χ0) is 18.9. The van der Waals surface area contributed by atoms with Crippen LogP contribution < -0.4 is 20.1 Å². The van der Waals surface area contributed by atoms with Crippen LogP contribution >= 0.6 is 12.2 Å². The van der Waals surface area contributed by atoms with Crippen LogP contribution in [0.4, 0.5) is 5.69 Å². The van der Waals surface area contributed by atoms with E-state index in [4.69, 9.17) is 21.7 Å². The number of nitrogens with one attached hydrogen (secondary N) is 2. The molecule has 0 fully saturated rings. The number of thiocarbonyl (C=S) groups is 1. The molecule has 2 N–H and O–H groups in total. The van der Waals surface area contributed by atoms with Gasteiger partial charge in [0.1, 0.15) is 17.1 Å². The summed E-state index contributed by atoms with van der Waals surface area (Å²) in [6.07, 6.45) is 0.821. The van der Waals surface area contributed by atoms with Crippen molar-refractivity contribution >= 4 is 23.0 Å². The monoisotopic (exact) mass is 370 g/mol. The van der Waals surface area contributed by atoms with Gasteiger partial charge in [-0.05, 0) is 75.3 Å². The van der Waals surface area contributed by atoms with Crippen LogP contribution in [0, 0.1) is 13.8 Å². The summed E-state index contributed by atoms with van der Waals surface area (Å²) in [6, 6.07) is 12.3. The molecule has 1 atom stereocenters. The highest BCUT2D eigenvalue weighted by molar-refractivity contribution is 7.80. The van der Waals surface area contributed by atoms with Gasteiger partial charge in [-0.1, -0.05) is 6.07 Å². The molecular weight excluding hydrogens is 344 g/mol. The summed E-state index contributed by atoms with van der Waals surface area (Å²) in [5, 5.41) is 7.35. The van der Waals surface area contributed by atoms with Gasteiger partial charge in [0.05, 0.1) is 13.2 Å². The predicted molar refractivity (Wildman–Crippen MR) is 110 cm³/mol. The van der Waals surface area contributed by atoms with Crippen molar-refractivity contribution in [2.75, 3.05) is 12.4 Å². The minimum Gasteiger partial charge on any atom is -0.497 e. The largest absolute Gasteiger partial charge is 0.497 e. The topological polar surface area (TPSA) is 42.5 Å². The Morgan fingerprint density at radius 1 is 1.15 bits per heavy atom. The van der Waals surface area contributed by atoms with Crippen LogP contribution in [0.15, 0.2) is 36.4 Å². The standard InChI is InChI=1S/C21H26N2O2S/c1-13-6-7-15(10-14(13)2)22-20(26)23-18-12-21(3,4)25-19-11-16(24-5)8-9-17(18)19/h6-11,18H,12H2,1-5H3,(H2,22,23,26). The fourth-order valence-corrected chi connectivity index (χ4v) is 3.49.